The van der Waals surface area contributed by atoms with E-state index in [9.17, 15) is 14.7 Å². The second-order valence-electron chi connectivity index (χ2n) is 10.5. The van der Waals surface area contributed by atoms with Gasteiger partial charge in [-0.05, 0) is 36.6 Å². The van der Waals surface area contributed by atoms with Gasteiger partial charge in [-0.15, -0.1) is 0 Å². The highest BCUT2D eigenvalue weighted by Crippen LogP contribution is 2.26. The standard InChI is InChI=1S/C33H54O6/c1-37-31-28-29(23-25-30(31)34)24-26-33(36)39-27-21-19-17-15-13-11-9-7-5-3-4-6-8-10-12-14-16-18-20-22-32(35)38-2/h23-26,28,34H,3-22,27H2,1-2H3. The molecule has 6 heteroatoms. The van der Waals surface area contributed by atoms with Crippen molar-refractivity contribution < 1.29 is 28.9 Å². The fourth-order valence-electron chi connectivity index (χ4n) is 4.66. The van der Waals surface area contributed by atoms with E-state index in [0.29, 0.717) is 18.8 Å². The van der Waals surface area contributed by atoms with Gasteiger partial charge in [0, 0.05) is 12.5 Å². The van der Waals surface area contributed by atoms with Crippen molar-refractivity contribution in [3.63, 3.8) is 0 Å². The first-order valence-electron chi connectivity index (χ1n) is 15.4. The fraction of sp³-hybridized carbons (Fsp3) is 0.697. The van der Waals surface area contributed by atoms with Gasteiger partial charge in [0.15, 0.2) is 11.5 Å². The molecule has 0 aliphatic rings. The van der Waals surface area contributed by atoms with Crippen LogP contribution in [0.5, 0.6) is 11.5 Å². The SMILES string of the molecule is COC(=O)CCCCCCCCCCCCCCCCCCCCCOC(=O)C=Cc1ccc(O)c(OC)c1. The van der Waals surface area contributed by atoms with Crippen molar-refractivity contribution in [3.05, 3.63) is 29.8 Å². The van der Waals surface area contributed by atoms with E-state index < -0.39 is 0 Å². The summed E-state index contributed by atoms with van der Waals surface area (Å²) in [4.78, 5) is 22.9. The van der Waals surface area contributed by atoms with E-state index in [1.54, 1.807) is 18.2 Å². The smallest absolute Gasteiger partial charge is 0.330 e. The van der Waals surface area contributed by atoms with E-state index in [-0.39, 0.29) is 17.7 Å². The molecule has 1 aromatic rings. The Bertz CT molecular complexity index is 788. The first-order chi connectivity index (χ1) is 19.1. The predicted molar refractivity (Wildman–Crippen MR) is 159 cm³/mol. The lowest BCUT2D eigenvalue weighted by Gasteiger charge is -2.05. The Morgan fingerprint density at radius 1 is 0.692 bits per heavy atom. The van der Waals surface area contributed by atoms with Gasteiger partial charge >= 0.3 is 11.9 Å². The summed E-state index contributed by atoms with van der Waals surface area (Å²) in [6.45, 7) is 0.459. The number of phenols is 1. The molecule has 222 valence electrons. The zero-order valence-electron chi connectivity index (χ0n) is 24.7. The van der Waals surface area contributed by atoms with Crippen LogP contribution in [0.2, 0.25) is 0 Å². The van der Waals surface area contributed by atoms with E-state index in [4.69, 9.17) is 9.47 Å². The predicted octanol–water partition coefficient (Wildman–Crippen LogP) is 8.93. The molecule has 0 unspecified atom stereocenters. The van der Waals surface area contributed by atoms with Gasteiger partial charge in [0.25, 0.3) is 0 Å². The van der Waals surface area contributed by atoms with Crippen LogP contribution in [0.15, 0.2) is 24.3 Å². The van der Waals surface area contributed by atoms with Gasteiger partial charge in [0.1, 0.15) is 0 Å². The number of phenolic OH excluding ortho intramolecular Hbond substituents is 1. The summed E-state index contributed by atoms with van der Waals surface area (Å²) in [5, 5.41) is 9.61. The van der Waals surface area contributed by atoms with Gasteiger partial charge in [-0.1, -0.05) is 115 Å². The van der Waals surface area contributed by atoms with Crippen LogP contribution in [0, 0.1) is 0 Å². The van der Waals surface area contributed by atoms with Crippen LogP contribution in [0.25, 0.3) is 6.08 Å². The normalized spacial score (nSPS) is 11.1. The highest BCUT2D eigenvalue weighted by molar-refractivity contribution is 5.87. The molecule has 0 saturated heterocycles. The zero-order valence-corrected chi connectivity index (χ0v) is 24.7. The average Bonchev–Trinajstić information content (AvgIpc) is 2.95. The molecule has 0 atom stereocenters. The number of benzene rings is 1. The average molecular weight is 547 g/mol. The molecule has 39 heavy (non-hydrogen) atoms. The lowest BCUT2D eigenvalue weighted by Crippen LogP contribution is -2.02. The number of hydrogen-bond donors (Lipinski definition) is 1. The maximum absolute atomic E-state index is 11.9. The molecule has 0 radical (unpaired) electrons. The van der Waals surface area contributed by atoms with Crippen LogP contribution >= 0.6 is 0 Å². The Hall–Kier alpha value is -2.50. The number of carbonyl (C=O) groups is 2. The second-order valence-corrected chi connectivity index (χ2v) is 10.5. The molecule has 0 bridgehead atoms. The molecular weight excluding hydrogens is 492 g/mol. The summed E-state index contributed by atoms with van der Waals surface area (Å²) in [6, 6.07) is 4.92. The molecule has 0 aliphatic heterocycles. The minimum Gasteiger partial charge on any atom is -0.504 e. The monoisotopic (exact) mass is 546 g/mol. The van der Waals surface area contributed by atoms with Crippen molar-refractivity contribution in [1.29, 1.82) is 0 Å². The second kappa shape index (κ2) is 24.5. The third-order valence-electron chi connectivity index (χ3n) is 7.11. The highest BCUT2D eigenvalue weighted by atomic mass is 16.5. The molecule has 0 saturated carbocycles. The summed E-state index contributed by atoms with van der Waals surface area (Å²) in [7, 11) is 2.95. The molecule has 1 N–H and O–H groups in total. The lowest BCUT2D eigenvalue weighted by molar-refractivity contribution is -0.141. The molecule has 0 amide bonds. The third-order valence-corrected chi connectivity index (χ3v) is 7.11. The number of ether oxygens (including phenoxy) is 3. The van der Waals surface area contributed by atoms with Crippen LogP contribution < -0.4 is 4.74 Å². The van der Waals surface area contributed by atoms with Crippen molar-refractivity contribution in [3.8, 4) is 11.5 Å². The Labute approximate surface area is 237 Å². The van der Waals surface area contributed by atoms with Crippen LogP contribution in [-0.2, 0) is 19.1 Å². The molecule has 0 spiro atoms. The molecule has 0 fully saturated rings. The molecular formula is C33H54O6. The van der Waals surface area contributed by atoms with Crippen molar-refractivity contribution in [2.75, 3.05) is 20.8 Å². The largest absolute Gasteiger partial charge is 0.504 e. The first kappa shape index (κ1) is 34.5. The molecule has 6 nitrogen and oxygen atoms in total. The van der Waals surface area contributed by atoms with Gasteiger partial charge in [0.05, 0.1) is 20.8 Å². The number of unbranched alkanes of at least 4 members (excludes halogenated alkanes) is 18. The molecule has 0 aliphatic carbocycles. The molecule has 1 rings (SSSR count). The number of rotatable bonds is 25. The van der Waals surface area contributed by atoms with Gasteiger partial charge < -0.3 is 19.3 Å². The first-order valence-corrected chi connectivity index (χ1v) is 15.4. The van der Waals surface area contributed by atoms with Crippen molar-refractivity contribution in [1.82, 2.24) is 0 Å². The summed E-state index contributed by atoms with van der Waals surface area (Å²) in [6.07, 6.45) is 27.7. The van der Waals surface area contributed by atoms with E-state index in [2.05, 4.69) is 4.74 Å². The maximum atomic E-state index is 11.9. The Morgan fingerprint density at radius 2 is 1.15 bits per heavy atom. The van der Waals surface area contributed by atoms with Gasteiger partial charge in [-0.3, -0.25) is 4.79 Å². The summed E-state index contributed by atoms with van der Waals surface area (Å²) in [5.74, 6) is 0.0212. The van der Waals surface area contributed by atoms with Crippen LogP contribution in [0.4, 0.5) is 0 Å². The molecule has 0 aromatic heterocycles. The number of carbonyl (C=O) groups excluding carboxylic acids is 2. The Morgan fingerprint density at radius 3 is 1.62 bits per heavy atom. The highest BCUT2D eigenvalue weighted by Gasteiger charge is 2.02. The quantitative estimate of drug-likeness (QED) is 0.0749. The van der Waals surface area contributed by atoms with E-state index >= 15 is 0 Å². The summed E-state index contributed by atoms with van der Waals surface area (Å²) in [5.41, 5.74) is 0.769. The summed E-state index contributed by atoms with van der Waals surface area (Å²) >= 11 is 0. The Kier molecular flexibility index (Phi) is 21.7. The van der Waals surface area contributed by atoms with Crippen LogP contribution in [-0.4, -0.2) is 37.9 Å². The van der Waals surface area contributed by atoms with Crippen LogP contribution in [0.3, 0.4) is 0 Å². The van der Waals surface area contributed by atoms with E-state index in [0.717, 1.165) is 31.2 Å². The van der Waals surface area contributed by atoms with E-state index in [1.807, 2.05) is 0 Å². The Balaban J connectivity index is 1.79. The lowest BCUT2D eigenvalue weighted by atomic mass is 10.0. The van der Waals surface area contributed by atoms with Gasteiger partial charge in [0.2, 0.25) is 0 Å². The fourth-order valence-corrected chi connectivity index (χ4v) is 4.66. The molecule has 0 heterocycles. The van der Waals surface area contributed by atoms with Crippen molar-refractivity contribution >= 4 is 18.0 Å². The van der Waals surface area contributed by atoms with Gasteiger partial charge in [-0.25, -0.2) is 4.79 Å². The number of methoxy groups -OCH3 is 2. The molecule has 1 aromatic carbocycles. The number of aromatic hydroxyl groups is 1. The van der Waals surface area contributed by atoms with Crippen LogP contribution in [0.1, 0.15) is 134 Å². The third kappa shape index (κ3) is 20.1. The van der Waals surface area contributed by atoms with Gasteiger partial charge in [-0.2, -0.15) is 0 Å². The maximum Gasteiger partial charge on any atom is 0.330 e. The minimum absolute atomic E-state index is 0.0730. The summed E-state index contributed by atoms with van der Waals surface area (Å²) < 4.78 is 15.0. The topological polar surface area (TPSA) is 82.1 Å². The number of esters is 2. The van der Waals surface area contributed by atoms with E-state index in [1.165, 1.54) is 123 Å². The zero-order chi connectivity index (χ0) is 28.4. The minimum atomic E-state index is -0.345. The van der Waals surface area contributed by atoms with Crippen molar-refractivity contribution in [2.45, 2.75) is 128 Å². The van der Waals surface area contributed by atoms with Crippen molar-refractivity contribution in [2.24, 2.45) is 0 Å². The number of hydrogen-bond acceptors (Lipinski definition) is 6.